The van der Waals surface area contributed by atoms with Crippen LogP contribution in [0, 0.1) is 12.7 Å². The van der Waals surface area contributed by atoms with Crippen molar-refractivity contribution in [1.29, 1.82) is 0 Å². The monoisotopic (exact) mass is 280 g/mol. The Kier molecular flexibility index (Phi) is 2.84. The normalized spacial score (nSPS) is 11.3. The lowest BCUT2D eigenvalue weighted by Crippen LogP contribution is -1.92. The molecular formula is C13H10ClFN2S. The van der Waals surface area contributed by atoms with E-state index in [1.165, 1.54) is 12.1 Å². The Morgan fingerprint density at radius 3 is 2.72 bits per heavy atom. The Hall–Kier alpha value is -1.39. The van der Waals surface area contributed by atoms with Crippen molar-refractivity contribution in [3.63, 3.8) is 0 Å². The maximum absolute atomic E-state index is 13.0. The molecule has 0 spiro atoms. The summed E-state index contributed by atoms with van der Waals surface area (Å²) in [5.74, 6) is 0.178. The summed E-state index contributed by atoms with van der Waals surface area (Å²) in [4.78, 5) is 6.41. The van der Waals surface area contributed by atoms with Crippen LogP contribution in [0.25, 0.3) is 16.2 Å². The quantitative estimate of drug-likeness (QED) is 0.642. The number of thiazole rings is 1. The lowest BCUT2D eigenvalue weighted by molar-refractivity contribution is 0.628. The van der Waals surface area contributed by atoms with Crippen molar-refractivity contribution in [1.82, 2.24) is 9.38 Å². The molecule has 0 amide bonds. The van der Waals surface area contributed by atoms with Gasteiger partial charge in [-0.1, -0.05) is 0 Å². The molecule has 92 valence electrons. The van der Waals surface area contributed by atoms with E-state index < -0.39 is 0 Å². The zero-order valence-corrected chi connectivity index (χ0v) is 11.2. The van der Waals surface area contributed by atoms with Gasteiger partial charge in [0, 0.05) is 4.88 Å². The molecule has 0 fully saturated rings. The van der Waals surface area contributed by atoms with Gasteiger partial charge in [0.1, 0.15) is 5.82 Å². The number of fused-ring (bicyclic) bond motifs is 1. The SMILES string of the molecule is Cc1sc2ncc(CCl)n2c1-c1ccc(F)cc1. The van der Waals surface area contributed by atoms with Crippen LogP contribution in [0.4, 0.5) is 4.39 Å². The largest absolute Gasteiger partial charge is 0.286 e. The molecule has 2 aromatic heterocycles. The van der Waals surface area contributed by atoms with E-state index in [9.17, 15) is 4.39 Å². The van der Waals surface area contributed by atoms with Gasteiger partial charge < -0.3 is 0 Å². The van der Waals surface area contributed by atoms with E-state index in [4.69, 9.17) is 11.6 Å². The zero-order valence-electron chi connectivity index (χ0n) is 9.65. The van der Waals surface area contributed by atoms with Crippen LogP contribution in [0.3, 0.4) is 0 Å². The number of aromatic nitrogens is 2. The highest BCUT2D eigenvalue weighted by atomic mass is 35.5. The first kappa shape index (κ1) is 11.7. The summed E-state index contributed by atoms with van der Waals surface area (Å²) in [6, 6.07) is 6.49. The molecule has 0 aliphatic carbocycles. The molecule has 0 atom stereocenters. The van der Waals surface area contributed by atoms with Gasteiger partial charge in [0.25, 0.3) is 0 Å². The minimum Gasteiger partial charge on any atom is -0.286 e. The van der Waals surface area contributed by atoms with Crippen molar-refractivity contribution in [3.05, 3.63) is 46.9 Å². The Morgan fingerprint density at radius 2 is 2.06 bits per heavy atom. The Morgan fingerprint density at radius 1 is 1.33 bits per heavy atom. The first-order chi connectivity index (χ1) is 8.70. The van der Waals surface area contributed by atoms with Gasteiger partial charge in [0.15, 0.2) is 4.96 Å². The second-order valence-electron chi connectivity index (χ2n) is 4.01. The number of aryl methyl sites for hydroxylation is 1. The summed E-state index contributed by atoms with van der Waals surface area (Å²) in [6.07, 6.45) is 1.78. The molecule has 18 heavy (non-hydrogen) atoms. The minimum absolute atomic E-state index is 0.230. The molecule has 3 rings (SSSR count). The second kappa shape index (κ2) is 4.37. The second-order valence-corrected chi connectivity index (χ2v) is 5.46. The van der Waals surface area contributed by atoms with Crippen LogP contribution in [0.2, 0.25) is 0 Å². The molecule has 3 aromatic rings. The number of hydrogen-bond acceptors (Lipinski definition) is 2. The highest BCUT2D eigenvalue weighted by molar-refractivity contribution is 7.17. The number of hydrogen-bond donors (Lipinski definition) is 0. The molecule has 2 heterocycles. The molecule has 0 saturated carbocycles. The Labute approximate surface area is 113 Å². The summed E-state index contributed by atoms with van der Waals surface area (Å²) < 4.78 is 15.0. The van der Waals surface area contributed by atoms with Crippen molar-refractivity contribution >= 4 is 27.9 Å². The summed E-state index contributed by atoms with van der Waals surface area (Å²) in [5, 5.41) is 0. The topological polar surface area (TPSA) is 17.3 Å². The lowest BCUT2D eigenvalue weighted by Gasteiger charge is -2.04. The molecule has 0 saturated heterocycles. The molecule has 2 nitrogen and oxygen atoms in total. The standard InChI is InChI=1S/C13H10ClFN2S/c1-8-12(9-2-4-10(15)5-3-9)17-11(6-14)7-16-13(17)18-8/h2-5,7H,6H2,1H3. The van der Waals surface area contributed by atoms with Crippen LogP contribution in [-0.4, -0.2) is 9.38 Å². The van der Waals surface area contributed by atoms with E-state index in [1.54, 1.807) is 29.7 Å². The molecule has 1 aromatic carbocycles. The average molecular weight is 281 g/mol. The molecule has 0 bridgehead atoms. The summed E-state index contributed by atoms with van der Waals surface area (Å²) in [7, 11) is 0. The molecule has 0 radical (unpaired) electrons. The van der Waals surface area contributed by atoms with Gasteiger partial charge in [0.05, 0.1) is 23.5 Å². The van der Waals surface area contributed by atoms with Crippen LogP contribution < -0.4 is 0 Å². The van der Waals surface area contributed by atoms with Gasteiger partial charge in [-0.15, -0.1) is 22.9 Å². The van der Waals surface area contributed by atoms with Crippen molar-refractivity contribution in [2.24, 2.45) is 0 Å². The molecule has 0 unspecified atom stereocenters. The van der Waals surface area contributed by atoms with Crippen molar-refractivity contribution in [2.45, 2.75) is 12.8 Å². The lowest BCUT2D eigenvalue weighted by atomic mass is 10.1. The maximum Gasteiger partial charge on any atom is 0.194 e. The predicted molar refractivity (Wildman–Crippen MR) is 72.8 cm³/mol. The molecule has 5 heteroatoms. The zero-order chi connectivity index (χ0) is 12.7. The number of imidazole rings is 1. The fourth-order valence-corrected chi connectivity index (χ4v) is 3.23. The maximum atomic E-state index is 13.0. The van der Waals surface area contributed by atoms with Gasteiger partial charge in [-0.05, 0) is 36.8 Å². The van der Waals surface area contributed by atoms with E-state index in [-0.39, 0.29) is 5.82 Å². The number of benzene rings is 1. The Bertz CT molecular complexity index is 700. The van der Waals surface area contributed by atoms with E-state index in [0.717, 1.165) is 26.8 Å². The first-order valence-electron chi connectivity index (χ1n) is 5.48. The van der Waals surface area contributed by atoms with Crippen LogP contribution in [0.5, 0.6) is 0 Å². The van der Waals surface area contributed by atoms with E-state index in [0.29, 0.717) is 5.88 Å². The third-order valence-electron chi connectivity index (χ3n) is 2.86. The third-order valence-corrected chi connectivity index (χ3v) is 4.10. The van der Waals surface area contributed by atoms with Gasteiger partial charge in [-0.25, -0.2) is 9.37 Å². The molecule has 0 aliphatic rings. The summed E-state index contributed by atoms with van der Waals surface area (Å²) in [6.45, 7) is 2.04. The highest BCUT2D eigenvalue weighted by Crippen LogP contribution is 2.32. The highest BCUT2D eigenvalue weighted by Gasteiger charge is 2.14. The van der Waals surface area contributed by atoms with Gasteiger partial charge in [-0.2, -0.15) is 0 Å². The smallest absolute Gasteiger partial charge is 0.194 e. The van der Waals surface area contributed by atoms with Crippen molar-refractivity contribution in [3.8, 4) is 11.3 Å². The van der Waals surface area contributed by atoms with Crippen LogP contribution in [0.1, 0.15) is 10.6 Å². The molecule has 0 N–H and O–H groups in total. The van der Waals surface area contributed by atoms with Crippen molar-refractivity contribution in [2.75, 3.05) is 0 Å². The van der Waals surface area contributed by atoms with Gasteiger partial charge >= 0.3 is 0 Å². The summed E-state index contributed by atoms with van der Waals surface area (Å²) >= 11 is 7.54. The van der Waals surface area contributed by atoms with E-state index in [2.05, 4.69) is 4.98 Å². The van der Waals surface area contributed by atoms with Crippen LogP contribution in [0.15, 0.2) is 30.5 Å². The average Bonchev–Trinajstić information content (AvgIpc) is 2.88. The van der Waals surface area contributed by atoms with Crippen LogP contribution >= 0.6 is 22.9 Å². The van der Waals surface area contributed by atoms with E-state index in [1.807, 2.05) is 11.3 Å². The number of rotatable bonds is 2. The third kappa shape index (κ3) is 1.72. The fraction of sp³-hybridized carbons (Fsp3) is 0.154. The first-order valence-corrected chi connectivity index (χ1v) is 6.83. The Balaban J connectivity index is 2.29. The van der Waals surface area contributed by atoms with Crippen molar-refractivity contribution < 1.29 is 4.39 Å². The minimum atomic E-state index is -0.230. The fourth-order valence-electron chi connectivity index (χ4n) is 2.06. The number of halogens is 2. The predicted octanol–water partition coefficient (Wildman–Crippen LogP) is 4.25. The van der Waals surface area contributed by atoms with Gasteiger partial charge in [-0.3, -0.25) is 4.40 Å². The molecule has 0 aliphatic heterocycles. The van der Waals surface area contributed by atoms with Gasteiger partial charge in [0.2, 0.25) is 0 Å². The number of alkyl halides is 1. The van der Waals surface area contributed by atoms with E-state index >= 15 is 0 Å². The summed E-state index contributed by atoms with van der Waals surface area (Å²) in [5.41, 5.74) is 2.98. The van der Waals surface area contributed by atoms with Crippen LogP contribution in [-0.2, 0) is 5.88 Å². The molecular weight excluding hydrogens is 271 g/mol. The number of nitrogens with zero attached hydrogens (tertiary/aromatic N) is 2.